The van der Waals surface area contributed by atoms with Crippen molar-refractivity contribution in [2.45, 2.75) is 44.4 Å². The number of hydrogen-bond acceptors (Lipinski definition) is 8. The van der Waals surface area contributed by atoms with Crippen LogP contribution in [-0.4, -0.2) is 70.4 Å². The van der Waals surface area contributed by atoms with Crippen molar-refractivity contribution in [1.29, 1.82) is 0 Å². The number of amides is 1. The molecule has 0 heterocycles. The molecule has 1 fully saturated rings. The molecular formula is C17H20BNO9. The number of benzene rings is 1. The van der Waals surface area contributed by atoms with Crippen LogP contribution in [0.25, 0.3) is 0 Å². The second-order valence-corrected chi connectivity index (χ2v) is 6.43. The van der Waals surface area contributed by atoms with E-state index in [9.17, 15) is 34.8 Å². The molecule has 5 N–H and O–H groups in total. The molecule has 1 aromatic carbocycles. The van der Waals surface area contributed by atoms with E-state index in [1.54, 1.807) is 0 Å². The van der Waals surface area contributed by atoms with Gasteiger partial charge in [0.15, 0.2) is 0 Å². The molecule has 0 aliphatic heterocycles. The Kier molecular flexibility index (Phi) is 7.00. The summed E-state index contributed by atoms with van der Waals surface area (Å²) in [6, 6.07) is 4.39. The van der Waals surface area contributed by atoms with Gasteiger partial charge < -0.3 is 35.2 Å². The highest BCUT2D eigenvalue weighted by Crippen LogP contribution is 2.33. The van der Waals surface area contributed by atoms with Crippen molar-refractivity contribution in [3.63, 3.8) is 0 Å². The van der Waals surface area contributed by atoms with E-state index < -0.39 is 48.1 Å². The van der Waals surface area contributed by atoms with Crippen LogP contribution in [0.4, 0.5) is 10.5 Å². The molecule has 1 saturated carbocycles. The van der Waals surface area contributed by atoms with Crippen molar-refractivity contribution >= 4 is 31.3 Å². The lowest BCUT2D eigenvalue weighted by Crippen LogP contribution is -2.57. The molecule has 1 amide bonds. The van der Waals surface area contributed by atoms with E-state index >= 15 is 0 Å². The van der Waals surface area contributed by atoms with Crippen LogP contribution in [0.15, 0.2) is 18.2 Å². The molecule has 150 valence electrons. The number of aliphatic carboxylic acids is 1. The molecule has 10 nitrogen and oxygen atoms in total. The number of hydrogen-bond donors (Lipinski definition) is 5. The summed E-state index contributed by atoms with van der Waals surface area (Å²) in [5.74, 6) is -3.99. The Hall–Kier alpha value is -2.63. The molecule has 5 atom stereocenters. The third kappa shape index (κ3) is 5.21. The van der Waals surface area contributed by atoms with Crippen LogP contribution in [0, 0.1) is 5.92 Å². The van der Waals surface area contributed by atoms with E-state index in [1.165, 1.54) is 25.1 Å². The van der Waals surface area contributed by atoms with Gasteiger partial charge >= 0.3 is 5.97 Å². The fraction of sp³-hybridized carbons (Fsp3) is 0.471. The van der Waals surface area contributed by atoms with Crippen molar-refractivity contribution in [2.75, 3.05) is 5.32 Å². The summed E-state index contributed by atoms with van der Waals surface area (Å²) < 4.78 is 10.3. The van der Waals surface area contributed by atoms with Crippen molar-refractivity contribution in [2.24, 2.45) is 5.92 Å². The van der Waals surface area contributed by atoms with Gasteiger partial charge in [-0.15, -0.1) is 0 Å². The van der Waals surface area contributed by atoms with Gasteiger partial charge in [-0.25, -0.2) is 0 Å². The zero-order valence-corrected chi connectivity index (χ0v) is 14.9. The maximum atomic E-state index is 11.5. The molecule has 0 bridgehead atoms. The minimum absolute atomic E-state index is 0.0924. The Morgan fingerprint density at radius 1 is 1.18 bits per heavy atom. The average Bonchev–Trinajstić information content (AvgIpc) is 2.61. The molecule has 1 aromatic rings. The van der Waals surface area contributed by atoms with Gasteiger partial charge in [-0.2, -0.15) is 0 Å². The van der Waals surface area contributed by atoms with Crippen LogP contribution >= 0.6 is 0 Å². The number of aliphatic hydroxyl groups is 3. The number of carboxylic acid groups (broad SMARTS) is 1. The Bertz CT molecular complexity index is 756. The molecule has 1 aliphatic carbocycles. The monoisotopic (exact) mass is 393 g/mol. The predicted octanol–water partition coefficient (Wildman–Crippen LogP) is -0.615. The second kappa shape index (κ2) is 9.04. The quantitative estimate of drug-likeness (QED) is 0.397. The minimum Gasteiger partial charge on any atom is -0.485 e. The molecular weight excluding hydrogens is 373 g/mol. The molecule has 1 aliphatic rings. The Labute approximate surface area is 161 Å². The second-order valence-electron chi connectivity index (χ2n) is 6.43. The van der Waals surface area contributed by atoms with Crippen LogP contribution in [0.5, 0.6) is 5.75 Å². The normalized spacial score (nSPS) is 26.9. The summed E-state index contributed by atoms with van der Waals surface area (Å²) in [4.78, 5) is 33.5. The van der Waals surface area contributed by atoms with Gasteiger partial charge in [-0.3, -0.25) is 14.4 Å². The molecule has 5 unspecified atom stereocenters. The SMILES string of the molecule is [B]C(=O)OCc1ccc(OC2CC(C(=O)O)C(O)C(O)C2O)c(NC(C)=O)c1. The van der Waals surface area contributed by atoms with Gasteiger partial charge in [0, 0.05) is 13.3 Å². The number of aliphatic hydroxyl groups excluding tert-OH is 3. The first-order valence-electron chi connectivity index (χ1n) is 8.36. The van der Waals surface area contributed by atoms with Crippen LogP contribution in [0.2, 0.25) is 0 Å². The van der Waals surface area contributed by atoms with Crippen LogP contribution in [-0.2, 0) is 20.9 Å². The van der Waals surface area contributed by atoms with Gasteiger partial charge in [-0.1, -0.05) is 6.07 Å². The molecule has 11 heteroatoms. The zero-order chi connectivity index (χ0) is 21.0. The van der Waals surface area contributed by atoms with E-state index in [2.05, 4.69) is 10.1 Å². The fourth-order valence-corrected chi connectivity index (χ4v) is 2.93. The lowest BCUT2D eigenvalue weighted by atomic mass is 9.80. The minimum atomic E-state index is -1.72. The van der Waals surface area contributed by atoms with Crippen LogP contribution in [0.1, 0.15) is 18.9 Å². The van der Waals surface area contributed by atoms with E-state index in [1.807, 2.05) is 0 Å². The summed E-state index contributed by atoms with van der Waals surface area (Å²) in [7, 11) is 4.91. The molecule has 28 heavy (non-hydrogen) atoms. The summed E-state index contributed by atoms with van der Waals surface area (Å²) >= 11 is 0. The molecule has 0 aromatic heterocycles. The number of ether oxygens (including phenoxy) is 2. The summed E-state index contributed by atoms with van der Waals surface area (Å²) in [6.45, 7) is 1.10. The summed E-state index contributed by atoms with van der Waals surface area (Å²) in [5, 5.41) is 41.6. The number of carbonyl (C=O) groups excluding carboxylic acids is 2. The number of carbonyl (C=O) groups is 3. The highest BCUT2D eigenvalue weighted by atomic mass is 16.5. The van der Waals surface area contributed by atoms with Gasteiger partial charge in [-0.05, 0) is 17.7 Å². The van der Waals surface area contributed by atoms with Crippen molar-refractivity contribution in [3.8, 4) is 5.75 Å². The molecule has 2 radical (unpaired) electrons. The highest BCUT2D eigenvalue weighted by molar-refractivity contribution is 6.55. The van der Waals surface area contributed by atoms with Gasteiger partial charge in [0.1, 0.15) is 30.7 Å². The van der Waals surface area contributed by atoms with Crippen molar-refractivity contribution in [1.82, 2.24) is 0 Å². The van der Waals surface area contributed by atoms with Gasteiger partial charge in [0.25, 0.3) is 0 Å². The Morgan fingerprint density at radius 3 is 2.43 bits per heavy atom. The largest absolute Gasteiger partial charge is 0.485 e. The van der Waals surface area contributed by atoms with E-state index in [0.29, 0.717) is 5.56 Å². The third-order valence-electron chi connectivity index (χ3n) is 4.31. The molecule has 0 spiro atoms. The third-order valence-corrected chi connectivity index (χ3v) is 4.31. The fourth-order valence-electron chi connectivity index (χ4n) is 2.93. The van der Waals surface area contributed by atoms with Crippen molar-refractivity contribution < 1.29 is 44.3 Å². The zero-order valence-electron chi connectivity index (χ0n) is 14.9. The van der Waals surface area contributed by atoms with Crippen molar-refractivity contribution in [3.05, 3.63) is 23.8 Å². The topological polar surface area (TPSA) is 163 Å². The molecule has 2 rings (SSSR count). The lowest BCUT2D eigenvalue weighted by Gasteiger charge is -2.38. The highest BCUT2D eigenvalue weighted by Gasteiger charge is 2.47. The number of anilines is 1. The Balaban J connectivity index is 2.26. The van der Waals surface area contributed by atoms with Crippen LogP contribution in [0.3, 0.4) is 0 Å². The lowest BCUT2D eigenvalue weighted by molar-refractivity contribution is -0.174. The van der Waals surface area contributed by atoms with Crippen LogP contribution < -0.4 is 10.1 Å². The summed E-state index contributed by atoms with van der Waals surface area (Å²) in [5.41, 5.74) is 0.663. The first-order valence-corrected chi connectivity index (χ1v) is 8.36. The van der Waals surface area contributed by atoms with E-state index in [-0.39, 0.29) is 24.5 Å². The van der Waals surface area contributed by atoms with Gasteiger partial charge in [0.2, 0.25) is 19.6 Å². The summed E-state index contributed by atoms with van der Waals surface area (Å²) in [6.07, 6.45) is -6.32. The standard InChI is InChI=1S/C17H20BNO9/c1-7(20)19-10-4-8(6-27-17(18)26)2-3-11(10)28-12-5-9(16(24)25)13(21)15(23)14(12)22/h2-4,9,12-15,21-23H,5-6H2,1H3,(H,19,20)(H,24,25). The molecule has 0 saturated heterocycles. The van der Waals surface area contributed by atoms with Gasteiger partial charge in [0.05, 0.1) is 17.7 Å². The number of rotatable bonds is 6. The predicted molar refractivity (Wildman–Crippen MR) is 94.9 cm³/mol. The van der Waals surface area contributed by atoms with E-state index in [0.717, 1.165) is 0 Å². The maximum absolute atomic E-state index is 11.5. The average molecular weight is 393 g/mol. The van der Waals surface area contributed by atoms with E-state index in [4.69, 9.17) is 12.6 Å². The smallest absolute Gasteiger partial charge is 0.309 e. The number of nitrogens with one attached hydrogen (secondary N) is 1. The first kappa shape index (κ1) is 21.7. The first-order chi connectivity index (χ1) is 13.1. The maximum Gasteiger partial charge on any atom is 0.309 e. The Morgan fingerprint density at radius 2 is 1.86 bits per heavy atom. The number of carboxylic acids is 1.